The van der Waals surface area contributed by atoms with Gasteiger partial charge in [0.05, 0.1) is 6.04 Å². The van der Waals surface area contributed by atoms with Crippen LogP contribution in [0.2, 0.25) is 0 Å². The number of amides is 2. The number of carboxylic acid groups (broad SMARTS) is 2. The normalized spacial score (nSPS) is 12.6. The van der Waals surface area contributed by atoms with Crippen LogP contribution in [0, 0.1) is 11.6 Å². The number of nitrogens with zero attached hydrogens (tertiary/aromatic N) is 1. The maximum Gasteiger partial charge on any atom is 0.408 e. The first kappa shape index (κ1) is 17.7. The number of halogens is 2. The highest BCUT2D eigenvalue weighted by molar-refractivity contribution is 5.68. The van der Waals surface area contributed by atoms with Crippen molar-refractivity contribution in [3.05, 3.63) is 35.4 Å². The summed E-state index contributed by atoms with van der Waals surface area (Å²) in [5.41, 5.74) is -0.716. The smallest absolute Gasteiger partial charge is 0.408 e. The zero-order chi connectivity index (χ0) is 17.1. The van der Waals surface area contributed by atoms with Gasteiger partial charge in [0.25, 0.3) is 0 Å². The lowest BCUT2D eigenvalue weighted by atomic mass is 9.98. The lowest BCUT2D eigenvalue weighted by molar-refractivity contribution is 0.0687. The average molecular weight is 316 g/mol. The molecule has 1 aromatic rings. The summed E-state index contributed by atoms with van der Waals surface area (Å²) in [6, 6.07) is 1.98. The molecule has 0 radical (unpaired) electrons. The van der Waals surface area contributed by atoms with Crippen LogP contribution in [0.4, 0.5) is 18.4 Å². The highest BCUT2D eigenvalue weighted by Gasteiger charge is 2.34. The first-order chi connectivity index (χ1) is 10.0. The third-order valence-corrected chi connectivity index (χ3v) is 3.02. The molecule has 8 heteroatoms. The Morgan fingerprint density at radius 1 is 1.23 bits per heavy atom. The predicted octanol–water partition coefficient (Wildman–Crippen LogP) is 3.05. The fourth-order valence-corrected chi connectivity index (χ4v) is 2.15. The van der Waals surface area contributed by atoms with Crippen molar-refractivity contribution in [1.82, 2.24) is 10.2 Å². The highest BCUT2D eigenvalue weighted by atomic mass is 19.2. The molecule has 0 aliphatic rings. The second-order valence-corrected chi connectivity index (χ2v) is 5.70. The Morgan fingerprint density at radius 3 is 2.23 bits per heavy atom. The molecule has 0 saturated heterocycles. The SMILES string of the molecule is CC(C)(C)N(C(=O)O)C(CNC(=O)O)c1ccc(F)c(F)c1. The summed E-state index contributed by atoms with van der Waals surface area (Å²) in [7, 11) is 0. The molecular weight excluding hydrogens is 298 g/mol. The van der Waals surface area contributed by atoms with E-state index in [0.29, 0.717) is 0 Å². The van der Waals surface area contributed by atoms with Gasteiger partial charge < -0.3 is 15.5 Å². The molecule has 0 aliphatic heterocycles. The minimum atomic E-state index is -1.34. The number of nitrogens with one attached hydrogen (secondary N) is 1. The van der Waals surface area contributed by atoms with Gasteiger partial charge in [-0.2, -0.15) is 0 Å². The molecule has 122 valence electrons. The van der Waals surface area contributed by atoms with Crippen LogP contribution in [0.25, 0.3) is 0 Å². The van der Waals surface area contributed by atoms with Gasteiger partial charge in [0.2, 0.25) is 0 Å². The fourth-order valence-electron chi connectivity index (χ4n) is 2.15. The molecule has 0 fully saturated rings. The molecule has 22 heavy (non-hydrogen) atoms. The summed E-state index contributed by atoms with van der Waals surface area (Å²) < 4.78 is 26.5. The monoisotopic (exact) mass is 316 g/mol. The maximum absolute atomic E-state index is 13.4. The molecule has 6 nitrogen and oxygen atoms in total. The number of benzene rings is 1. The van der Waals surface area contributed by atoms with Gasteiger partial charge in [0, 0.05) is 12.1 Å². The van der Waals surface area contributed by atoms with Gasteiger partial charge in [-0.3, -0.25) is 4.90 Å². The van der Waals surface area contributed by atoms with Gasteiger partial charge >= 0.3 is 12.2 Å². The molecule has 0 aliphatic carbocycles. The maximum atomic E-state index is 13.4. The van der Waals surface area contributed by atoms with Crippen LogP contribution in [0.15, 0.2) is 18.2 Å². The summed E-state index contributed by atoms with van der Waals surface area (Å²) in [5.74, 6) is -2.19. The van der Waals surface area contributed by atoms with Crippen molar-refractivity contribution in [2.24, 2.45) is 0 Å². The zero-order valence-electron chi connectivity index (χ0n) is 12.4. The van der Waals surface area contributed by atoms with Crippen LogP contribution in [-0.2, 0) is 0 Å². The van der Waals surface area contributed by atoms with Crippen molar-refractivity contribution >= 4 is 12.2 Å². The zero-order valence-corrected chi connectivity index (χ0v) is 12.4. The largest absolute Gasteiger partial charge is 0.465 e. The summed E-state index contributed by atoms with van der Waals surface area (Å²) in [5, 5.41) is 20.2. The summed E-state index contributed by atoms with van der Waals surface area (Å²) in [6.45, 7) is 4.57. The number of carbonyl (C=O) groups is 2. The lowest BCUT2D eigenvalue weighted by Gasteiger charge is -2.39. The van der Waals surface area contributed by atoms with Gasteiger partial charge in [-0.15, -0.1) is 0 Å². The van der Waals surface area contributed by atoms with Crippen LogP contribution in [0.5, 0.6) is 0 Å². The topological polar surface area (TPSA) is 89.9 Å². The number of hydrogen-bond donors (Lipinski definition) is 3. The Labute approximate surface area is 126 Å². The van der Waals surface area contributed by atoms with Crippen molar-refractivity contribution in [2.45, 2.75) is 32.4 Å². The molecule has 0 spiro atoms. The third-order valence-electron chi connectivity index (χ3n) is 3.02. The lowest BCUT2D eigenvalue weighted by Crippen LogP contribution is -2.50. The highest BCUT2D eigenvalue weighted by Crippen LogP contribution is 2.29. The molecule has 1 aromatic carbocycles. The van der Waals surface area contributed by atoms with Gasteiger partial charge in [0.15, 0.2) is 11.6 Å². The first-order valence-corrected chi connectivity index (χ1v) is 6.48. The average Bonchev–Trinajstić information content (AvgIpc) is 2.35. The first-order valence-electron chi connectivity index (χ1n) is 6.48. The van der Waals surface area contributed by atoms with Crippen LogP contribution >= 0.6 is 0 Å². The van der Waals surface area contributed by atoms with Crippen molar-refractivity contribution in [3.63, 3.8) is 0 Å². The van der Waals surface area contributed by atoms with E-state index in [1.165, 1.54) is 6.07 Å². The van der Waals surface area contributed by atoms with E-state index in [9.17, 15) is 23.5 Å². The predicted molar refractivity (Wildman–Crippen MR) is 74.7 cm³/mol. The van der Waals surface area contributed by atoms with E-state index in [2.05, 4.69) is 5.32 Å². The molecule has 1 unspecified atom stereocenters. The Bertz CT molecular complexity index is 572. The van der Waals surface area contributed by atoms with E-state index >= 15 is 0 Å². The van der Waals surface area contributed by atoms with Gasteiger partial charge in [-0.1, -0.05) is 6.07 Å². The van der Waals surface area contributed by atoms with E-state index in [4.69, 9.17) is 5.11 Å². The third kappa shape index (κ3) is 4.31. The molecule has 0 saturated carbocycles. The quantitative estimate of drug-likeness (QED) is 0.796. The van der Waals surface area contributed by atoms with Crippen molar-refractivity contribution in [2.75, 3.05) is 6.54 Å². The number of hydrogen-bond acceptors (Lipinski definition) is 2. The second kappa shape index (κ2) is 6.59. The second-order valence-electron chi connectivity index (χ2n) is 5.70. The molecule has 3 N–H and O–H groups in total. The molecule has 1 atom stereocenters. The fraction of sp³-hybridized carbons (Fsp3) is 0.429. The summed E-state index contributed by atoms with van der Waals surface area (Å²) in [4.78, 5) is 23.2. The van der Waals surface area contributed by atoms with Gasteiger partial charge in [0.1, 0.15) is 0 Å². The van der Waals surface area contributed by atoms with E-state index in [-0.39, 0.29) is 12.1 Å². The summed E-state index contributed by atoms with van der Waals surface area (Å²) >= 11 is 0. The van der Waals surface area contributed by atoms with Gasteiger partial charge in [-0.05, 0) is 38.5 Å². The molecule has 0 aromatic heterocycles. The minimum absolute atomic E-state index is 0.157. The van der Waals surface area contributed by atoms with Crippen LogP contribution < -0.4 is 5.32 Å². The summed E-state index contributed by atoms with van der Waals surface area (Å²) in [6.07, 6.45) is -2.64. The van der Waals surface area contributed by atoms with Crippen LogP contribution in [-0.4, -0.2) is 39.4 Å². The molecular formula is C14H18F2N2O4. The Hall–Kier alpha value is -2.38. The van der Waals surface area contributed by atoms with Crippen molar-refractivity contribution in [3.8, 4) is 0 Å². The Balaban J connectivity index is 3.29. The minimum Gasteiger partial charge on any atom is -0.465 e. The molecule has 1 rings (SSSR count). The van der Waals surface area contributed by atoms with Crippen LogP contribution in [0.3, 0.4) is 0 Å². The van der Waals surface area contributed by atoms with E-state index in [1.54, 1.807) is 20.8 Å². The van der Waals surface area contributed by atoms with E-state index < -0.39 is 35.4 Å². The Kier molecular flexibility index (Phi) is 5.29. The number of rotatable bonds is 4. The van der Waals surface area contributed by atoms with Crippen LogP contribution in [0.1, 0.15) is 32.4 Å². The van der Waals surface area contributed by atoms with Gasteiger partial charge in [-0.25, -0.2) is 18.4 Å². The molecule has 0 heterocycles. The van der Waals surface area contributed by atoms with E-state index in [1.807, 2.05) is 0 Å². The Morgan fingerprint density at radius 2 is 1.82 bits per heavy atom. The van der Waals surface area contributed by atoms with E-state index in [0.717, 1.165) is 17.0 Å². The molecule has 2 amide bonds. The standard InChI is InChI=1S/C14H18F2N2O4/c1-14(2,3)18(13(21)22)11(7-17-12(19)20)8-4-5-9(15)10(16)6-8/h4-6,11,17H,7H2,1-3H3,(H,19,20)(H,21,22). The molecule has 0 bridgehead atoms. The van der Waals surface area contributed by atoms with Crippen molar-refractivity contribution < 1.29 is 28.6 Å². The van der Waals surface area contributed by atoms with Crippen molar-refractivity contribution in [1.29, 1.82) is 0 Å².